The van der Waals surface area contributed by atoms with E-state index < -0.39 is 0 Å². The van der Waals surface area contributed by atoms with E-state index in [4.69, 9.17) is 9.47 Å². The summed E-state index contributed by atoms with van der Waals surface area (Å²) < 4.78 is 11.1. The third-order valence-corrected chi connectivity index (χ3v) is 6.77. The lowest BCUT2D eigenvalue weighted by Gasteiger charge is -2.05. The van der Waals surface area contributed by atoms with Crippen LogP contribution < -0.4 is 14.9 Å². The lowest BCUT2D eigenvalue weighted by Crippen LogP contribution is -2.12. The van der Waals surface area contributed by atoms with Crippen LogP contribution in [-0.2, 0) is 4.79 Å². The number of hydrogen-bond acceptors (Lipinski definition) is 4. The second kappa shape index (κ2) is 23.6. The molecule has 0 amide bonds. The molecule has 0 radical (unpaired) electrons. The lowest BCUT2D eigenvalue weighted by atomic mass is 10.0. The van der Waals surface area contributed by atoms with Crippen molar-refractivity contribution in [2.45, 2.75) is 149 Å². The molecular formula is C32H54O4. The molecule has 0 saturated heterocycles. The van der Waals surface area contributed by atoms with Gasteiger partial charge < -0.3 is 9.47 Å². The van der Waals surface area contributed by atoms with E-state index in [2.05, 4.69) is 13.8 Å². The van der Waals surface area contributed by atoms with Crippen molar-refractivity contribution < 1.29 is 14.3 Å². The monoisotopic (exact) mass is 502 g/mol. The van der Waals surface area contributed by atoms with Gasteiger partial charge in [-0.2, -0.15) is 0 Å². The quantitative estimate of drug-likeness (QED) is 0.104. The summed E-state index contributed by atoms with van der Waals surface area (Å²) in [6, 6.07) is 6.37. The van der Waals surface area contributed by atoms with Crippen molar-refractivity contribution >= 4 is 5.97 Å². The van der Waals surface area contributed by atoms with Gasteiger partial charge in [0.2, 0.25) is 5.43 Å². The Labute approximate surface area is 221 Å². The second-order valence-electron chi connectivity index (χ2n) is 10.2. The highest BCUT2D eigenvalue weighted by molar-refractivity contribution is 5.72. The van der Waals surface area contributed by atoms with Crippen LogP contribution in [0, 0.1) is 0 Å². The van der Waals surface area contributed by atoms with Crippen molar-refractivity contribution in [1.29, 1.82) is 0 Å². The van der Waals surface area contributed by atoms with Crippen LogP contribution in [-0.4, -0.2) is 12.6 Å². The highest BCUT2D eigenvalue weighted by Gasteiger charge is 2.07. The normalized spacial score (nSPS) is 10.9. The van der Waals surface area contributed by atoms with Gasteiger partial charge in [0.25, 0.3) is 0 Å². The standard InChI is InChI=1S/C32H54O4/c1-3-5-7-9-11-12-13-14-15-16-18-20-22-28-35-29-24-26-30(33)31(27-25-29)36-32(34)23-21-19-17-10-8-6-4-2/h24-27H,3-23,28H2,1-2H3. The minimum atomic E-state index is -0.332. The van der Waals surface area contributed by atoms with Gasteiger partial charge in [0.05, 0.1) is 6.61 Å². The third-order valence-electron chi connectivity index (χ3n) is 6.77. The van der Waals surface area contributed by atoms with Gasteiger partial charge in [-0.1, -0.05) is 129 Å². The van der Waals surface area contributed by atoms with E-state index in [0.717, 1.165) is 25.7 Å². The van der Waals surface area contributed by atoms with Crippen LogP contribution in [0.25, 0.3) is 0 Å². The molecule has 0 aromatic heterocycles. The van der Waals surface area contributed by atoms with E-state index in [0.29, 0.717) is 18.8 Å². The number of hydrogen-bond donors (Lipinski definition) is 0. The molecule has 206 valence electrons. The molecule has 0 aliphatic carbocycles. The van der Waals surface area contributed by atoms with Crippen molar-refractivity contribution in [2.24, 2.45) is 0 Å². The van der Waals surface area contributed by atoms with Gasteiger partial charge in [0.1, 0.15) is 5.75 Å². The molecule has 1 aromatic rings. The van der Waals surface area contributed by atoms with Crippen LogP contribution in [0.15, 0.2) is 29.1 Å². The highest BCUT2D eigenvalue weighted by Crippen LogP contribution is 2.15. The predicted molar refractivity (Wildman–Crippen MR) is 152 cm³/mol. The van der Waals surface area contributed by atoms with E-state index in [1.54, 1.807) is 18.2 Å². The first kappa shape index (κ1) is 32.2. The van der Waals surface area contributed by atoms with Gasteiger partial charge in [-0.25, -0.2) is 0 Å². The Hall–Kier alpha value is -1.84. The largest absolute Gasteiger partial charge is 0.494 e. The van der Waals surface area contributed by atoms with Crippen LogP contribution in [0.2, 0.25) is 0 Å². The van der Waals surface area contributed by atoms with Crippen molar-refractivity contribution in [3.05, 3.63) is 34.5 Å². The number of rotatable bonds is 24. The topological polar surface area (TPSA) is 52.6 Å². The minimum Gasteiger partial charge on any atom is -0.494 e. The predicted octanol–water partition coefficient (Wildman–Crippen LogP) is 9.56. The van der Waals surface area contributed by atoms with E-state index in [9.17, 15) is 9.59 Å². The molecule has 1 aromatic carbocycles. The SMILES string of the molecule is CCCCCCCCCCCCCCCOc1ccc(OC(=O)CCCCCCCCC)c(=O)cc1. The molecule has 0 heterocycles. The van der Waals surface area contributed by atoms with Crippen LogP contribution in [0.3, 0.4) is 0 Å². The minimum absolute atomic E-state index is 0.0822. The Morgan fingerprint density at radius 3 is 1.56 bits per heavy atom. The molecule has 0 N–H and O–H groups in total. The summed E-state index contributed by atoms with van der Waals surface area (Å²) >= 11 is 0. The number of carbonyl (C=O) groups excluding carboxylic acids is 1. The van der Waals surface area contributed by atoms with E-state index in [1.807, 2.05) is 0 Å². The summed E-state index contributed by atoms with van der Waals surface area (Å²) in [6.45, 7) is 5.12. The molecule has 0 atom stereocenters. The zero-order valence-corrected chi connectivity index (χ0v) is 23.5. The summed E-state index contributed by atoms with van der Waals surface area (Å²) in [4.78, 5) is 24.4. The Morgan fingerprint density at radius 2 is 1.03 bits per heavy atom. The van der Waals surface area contributed by atoms with E-state index in [-0.39, 0.29) is 17.1 Å². The smallest absolute Gasteiger partial charge is 0.311 e. The van der Waals surface area contributed by atoms with E-state index >= 15 is 0 Å². The summed E-state index contributed by atoms with van der Waals surface area (Å²) in [5, 5.41) is 0. The highest BCUT2D eigenvalue weighted by atomic mass is 16.5. The van der Waals surface area contributed by atoms with Gasteiger partial charge in [-0.3, -0.25) is 9.59 Å². The Balaban J connectivity index is 2.11. The lowest BCUT2D eigenvalue weighted by molar-refractivity contribution is -0.134. The molecule has 36 heavy (non-hydrogen) atoms. The Morgan fingerprint density at radius 1 is 0.583 bits per heavy atom. The maximum Gasteiger partial charge on any atom is 0.311 e. The van der Waals surface area contributed by atoms with Crippen molar-refractivity contribution in [3.63, 3.8) is 0 Å². The number of carbonyl (C=O) groups is 1. The molecule has 0 aliphatic heterocycles. The van der Waals surface area contributed by atoms with Gasteiger partial charge in [-0.15, -0.1) is 0 Å². The molecule has 4 nitrogen and oxygen atoms in total. The first-order chi connectivity index (χ1) is 17.7. The first-order valence-corrected chi connectivity index (χ1v) is 15.1. The van der Waals surface area contributed by atoms with Crippen molar-refractivity contribution in [3.8, 4) is 11.5 Å². The zero-order valence-electron chi connectivity index (χ0n) is 23.5. The molecule has 0 saturated carbocycles. The van der Waals surface area contributed by atoms with Gasteiger partial charge in [0, 0.05) is 6.42 Å². The first-order valence-electron chi connectivity index (χ1n) is 15.1. The molecule has 1 rings (SSSR count). The number of unbranched alkanes of at least 4 members (excludes halogenated alkanes) is 18. The molecule has 4 heteroatoms. The summed E-state index contributed by atoms with van der Waals surface area (Å²) in [7, 11) is 0. The fourth-order valence-corrected chi connectivity index (χ4v) is 4.43. The molecule has 0 bridgehead atoms. The van der Waals surface area contributed by atoms with Crippen molar-refractivity contribution in [2.75, 3.05) is 6.61 Å². The maximum absolute atomic E-state index is 12.3. The number of ether oxygens (including phenoxy) is 2. The summed E-state index contributed by atoms with van der Waals surface area (Å²) in [6.07, 6.45) is 25.6. The summed E-state index contributed by atoms with van der Waals surface area (Å²) in [5.74, 6) is 0.389. The third kappa shape index (κ3) is 18.4. The molecule has 0 spiro atoms. The van der Waals surface area contributed by atoms with Crippen LogP contribution >= 0.6 is 0 Å². The molecular weight excluding hydrogens is 448 g/mol. The van der Waals surface area contributed by atoms with Gasteiger partial charge in [0.15, 0.2) is 5.75 Å². The summed E-state index contributed by atoms with van der Waals surface area (Å²) in [5.41, 5.74) is -0.293. The van der Waals surface area contributed by atoms with Crippen LogP contribution in [0.5, 0.6) is 11.5 Å². The van der Waals surface area contributed by atoms with Gasteiger partial charge >= 0.3 is 5.97 Å². The van der Waals surface area contributed by atoms with E-state index in [1.165, 1.54) is 109 Å². The Kier molecular flexibility index (Phi) is 21.1. The number of esters is 1. The zero-order chi connectivity index (χ0) is 26.1. The van der Waals surface area contributed by atoms with Crippen molar-refractivity contribution in [1.82, 2.24) is 0 Å². The second-order valence-corrected chi connectivity index (χ2v) is 10.2. The molecule has 0 aliphatic rings. The van der Waals surface area contributed by atoms with Crippen LogP contribution in [0.4, 0.5) is 0 Å². The maximum atomic E-state index is 12.3. The fourth-order valence-electron chi connectivity index (χ4n) is 4.43. The average molecular weight is 503 g/mol. The molecule has 0 fully saturated rings. The fraction of sp³-hybridized carbons (Fsp3) is 0.750. The van der Waals surface area contributed by atoms with Gasteiger partial charge in [-0.05, 0) is 37.1 Å². The van der Waals surface area contributed by atoms with Crippen LogP contribution in [0.1, 0.15) is 149 Å². The Bertz CT molecular complexity index is 715. The molecule has 0 unspecified atom stereocenters. The average Bonchev–Trinajstić information content (AvgIpc) is 3.05.